The Hall–Kier alpha value is -0.830. The molecule has 0 radical (unpaired) electrons. The van der Waals surface area contributed by atoms with Gasteiger partial charge in [-0.3, -0.25) is 4.79 Å². The maximum atomic E-state index is 11.8. The van der Waals surface area contributed by atoms with Gasteiger partial charge in [0.2, 0.25) is 0 Å². The molecule has 1 aliphatic carbocycles. The molecule has 72 valence electrons. The lowest BCUT2D eigenvalue weighted by Gasteiger charge is -2.13. The van der Waals surface area contributed by atoms with E-state index in [0.29, 0.717) is 6.61 Å². The highest BCUT2D eigenvalue weighted by atomic mass is 16.5. The summed E-state index contributed by atoms with van der Waals surface area (Å²) in [5.41, 5.74) is 6.69. The lowest BCUT2D eigenvalue weighted by molar-refractivity contribution is -0.119. The van der Waals surface area contributed by atoms with Gasteiger partial charge >= 0.3 is 0 Å². The van der Waals surface area contributed by atoms with Crippen molar-refractivity contribution in [3.8, 4) is 0 Å². The van der Waals surface area contributed by atoms with Crippen molar-refractivity contribution in [1.29, 1.82) is 0 Å². The molecule has 2 atom stereocenters. The number of ketones is 1. The summed E-state index contributed by atoms with van der Waals surface area (Å²) in [7, 11) is 0. The van der Waals surface area contributed by atoms with Crippen LogP contribution in [0, 0.1) is 5.92 Å². The second-order valence-corrected chi connectivity index (χ2v) is 3.83. The summed E-state index contributed by atoms with van der Waals surface area (Å²) in [5, 5.41) is 0. The number of carbonyl (C=O) groups is 1. The van der Waals surface area contributed by atoms with Crippen LogP contribution in [0.15, 0.2) is 11.8 Å². The van der Waals surface area contributed by atoms with E-state index in [4.69, 9.17) is 10.5 Å². The summed E-state index contributed by atoms with van der Waals surface area (Å²) in [5.74, 6) is 0.287. The molecule has 13 heavy (non-hydrogen) atoms. The van der Waals surface area contributed by atoms with Crippen LogP contribution in [0.2, 0.25) is 0 Å². The Balaban J connectivity index is 2.03. The van der Waals surface area contributed by atoms with E-state index in [1.807, 2.05) is 0 Å². The summed E-state index contributed by atoms with van der Waals surface area (Å²) in [4.78, 5) is 11.8. The standard InChI is InChI=1S/C10H15NO2/c11-9-3-1-2-8(9)10(12)7-4-5-13-6-7/h6,8-9H,1-5,11H2. The SMILES string of the molecule is NC1CCCC1C(=O)C1=COCC1. The van der Waals surface area contributed by atoms with Crippen molar-refractivity contribution in [1.82, 2.24) is 0 Å². The van der Waals surface area contributed by atoms with Gasteiger partial charge in [0.25, 0.3) is 0 Å². The van der Waals surface area contributed by atoms with Gasteiger partial charge in [-0.2, -0.15) is 0 Å². The Bertz CT molecular complexity index is 247. The molecule has 3 nitrogen and oxygen atoms in total. The fraction of sp³-hybridized carbons (Fsp3) is 0.700. The van der Waals surface area contributed by atoms with Gasteiger partial charge in [-0.15, -0.1) is 0 Å². The molecule has 2 aliphatic rings. The third kappa shape index (κ3) is 1.61. The molecule has 1 aliphatic heterocycles. The molecule has 0 amide bonds. The Morgan fingerprint density at radius 3 is 2.92 bits per heavy atom. The molecule has 1 saturated carbocycles. The number of hydrogen-bond acceptors (Lipinski definition) is 3. The molecular weight excluding hydrogens is 166 g/mol. The molecule has 0 aromatic rings. The van der Waals surface area contributed by atoms with Crippen molar-refractivity contribution < 1.29 is 9.53 Å². The van der Waals surface area contributed by atoms with Crippen molar-refractivity contribution in [3.05, 3.63) is 11.8 Å². The highest BCUT2D eigenvalue weighted by molar-refractivity contribution is 5.97. The second kappa shape index (κ2) is 3.50. The van der Waals surface area contributed by atoms with Crippen LogP contribution in [0.4, 0.5) is 0 Å². The van der Waals surface area contributed by atoms with Crippen molar-refractivity contribution in [2.24, 2.45) is 11.7 Å². The molecule has 0 saturated heterocycles. The zero-order chi connectivity index (χ0) is 9.26. The average molecular weight is 181 g/mol. The first-order chi connectivity index (χ1) is 6.29. The van der Waals surface area contributed by atoms with Crippen LogP contribution in [-0.4, -0.2) is 18.4 Å². The molecule has 3 heteroatoms. The Morgan fingerprint density at radius 2 is 2.38 bits per heavy atom. The fourth-order valence-electron chi connectivity index (χ4n) is 2.12. The zero-order valence-electron chi connectivity index (χ0n) is 7.66. The first-order valence-corrected chi connectivity index (χ1v) is 4.89. The fourth-order valence-corrected chi connectivity index (χ4v) is 2.12. The summed E-state index contributed by atoms with van der Waals surface area (Å²) in [6.07, 6.45) is 5.41. The van der Waals surface area contributed by atoms with Crippen molar-refractivity contribution >= 4 is 5.78 Å². The highest BCUT2D eigenvalue weighted by Crippen LogP contribution is 2.28. The molecule has 1 heterocycles. The number of rotatable bonds is 2. The van der Waals surface area contributed by atoms with Crippen LogP contribution < -0.4 is 5.73 Å². The van der Waals surface area contributed by atoms with Crippen LogP contribution in [0.5, 0.6) is 0 Å². The van der Waals surface area contributed by atoms with Gasteiger partial charge in [0, 0.05) is 24.0 Å². The molecule has 0 aromatic heterocycles. The van der Waals surface area contributed by atoms with Gasteiger partial charge in [0.05, 0.1) is 12.9 Å². The summed E-state index contributed by atoms with van der Waals surface area (Å²) >= 11 is 0. The number of hydrogen-bond donors (Lipinski definition) is 1. The monoisotopic (exact) mass is 181 g/mol. The van der Waals surface area contributed by atoms with Crippen LogP contribution in [-0.2, 0) is 9.53 Å². The van der Waals surface area contributed by atoms with E-state index in [1.165, 1.54) is 0 Å². The lowest BCUT2D eigenvalue weighted by atomic mass is 9.93. The van der Waals surface area contributed by atoms with Gasteiger partial charge in [-0.25, -0.2) is 0 Å². The maximum Gasteiger partial charge on any atom is 0.166 e. The van der Waals surface area contributed by atoms with Crippen LogP contribution in [0.1, 0.15) is 25.7 Å². The molecular formula is C10H15NO2. The zero-order valence-corrected chi connectivity index (χ0v) is 7.66. The average Bonchev–Trinajstić information content (AvgIpc) is 2.72. The van der Waals surface area contributed by atoms with Crippen LogP contribution >= 0.6 is 0 Å². The molecule has 2 N–H and O–H groups in total. The third-order valence-electron chi connectivity index (χ3n) is 2.94. The van der Waals surface area contributed by atoms with Gasteiger partial charge in [-0.1, -0.05) is 6.42 Å². The Labute approximate surface area is 77.9 Å². The quantitative estimate of drug-likeness (QED) is 0.691. The third-order valence-corrected chi connectivity index (χ3v) is 2.94. The summed E-state index contributed by atoms with van der Waals surface area (Å²) in [6, 6.07) is 0.0778. The maximum absolute atomic E-state index is 11.8. The van der Waals surface area contributed by atoms with E-state index in [0.717, 1.165) is 31.3 Å². The lowest BCUT2D eigenvalue weighted by Crippen LogP contribution is -2.31. The minimum absolute atomic E-state index is 0.0629. The largest absolute Gasteiger partial charge is 0.500 e. The van der Waals surface area contributed by atoms with Crippen LogP contribution in [0.3, 0.4) is 0 Å². The number of carbonyl (C=O) groups excluding carboxylic acids is 1. The van der Waals surface area contributed by atoms with Gasteiger partial charge in [-0.05, 0) is 12.8 Å². The van der Waals surface area contributed by atoms with E-state index in [9.17, 15) is 4.79 Å². The van der Waals surface area contributed by atoms with Crippen molar-refractivity contribution in [2.45, 2.75) is 31.7 Å². The van der Waals surface area contributed by atoms with E-state index < -0.39 is 0 Å². The topological polar surface area (TPSA) is 52.3 Å². The van der Waals surface area contributed by atoms with Crippen LogP contribution in [0.25, 0.3) is 0 Å². The minimum atomic E-state index is 0.0629. The molecule has 0 aromatic carbocycles. The Kier molecular flexibility index (Phi) is 2.36. The summed E-state index contributed by atoms with van der Waals surface area (Å²) in [6.45, 7) is 0.656. The smallest absolute Gasteiger partial charge is 0.166 e. The normalized spacial score (nSPS) is 32.8. The van der Waals surface area contributed by atoms with E-state index in [2.05, 4.69) is 0 Å². The predicted octanol–water partition coefficient (Wildman–Crippen LogP) is 0.987. The van der Waals surface area contributed by atoms with E-state index >= 15 is 0 Å². The molecule has 0 spiro atoms. The van der Waals surface area contributed by atoms with E-state index in [1.54, 1.807) is 6.26 Å². The number of nitrogens with two attached hydrogens (primary N) is 1. The first kappa shape index (κ1) is 8.75. The van der Waals surface area contributed by atoms with Crippen molar-refractivity contribution in [2.75, 3.05) is 6.61 Å². The molecule has 2 rings (SSSR count). The summed E-state index contributed by atoms with van der Waals surface area (Å²) < 4.78 is 5.05. The second-order valence-electron chi connectivity index (χ2n) is 3.83. The predicted molar refractivity (Wildman–Crippen MR) is 49.0 cm³/mol. The Morgan fingerprint density at radius 1 is 1.54 bits per heavy atom. The molecule has 2 unspecified atom stereocenters. The molecule has 0 bridgehead atoms. The minimum Gasteiger partial charge on any atom is -0.500 e. The highest BCUT2D eigenvalue weighted by Gasteiger charge is 2.32. The van der Waals surface area contributed by atoms with Gasteiger partial charge in [0.15, 0.2) is 5.78 Å². The molecule has 1 fully saturated rings. The first-order valence-electron chi connectivity index (χ1n) is 4.89. The van der Waals surface area contributed by atoms with Crippen molar-refractivity contribution in [3.63, 3.8) is 0 Å². The van der Waals surface area contributed by atoms with Gasteiger partial charge in [0.1, 0.15) is 0 Å². The van der Waals surface area contributed by atoms with E-state index in [-0.39, 0.29) is 17.7 Å². The number of ether oxygens (including phenoxy) is 1. The number of Topliss-reactive ketones (excluding diaryl/α,β-unsaturated/α-hetero) is 1. The van der Waals surface area contributed by atoms with Gasteiger partial charge < -0.3 is 10.5 Å².